The fraction of sp³-hybridized carbons (Fsp3) is 0.133. The molecule has 0 fully saturated rings. The molecule has 2 aromatic carbocycles. The molecule has 1 N–H and O–H groups in total. The molecule has 0 bridgehead atoms. The van der Waals surface area contributed by atoms with Crippen LogP contribution in [0.15, 0.2) is 42.5 Å². The number of hydrogen-bond acceptors (Lipinski definition) is 1. The number of nitrogens with one attached hydrogen (secondary N) is 1. The van der Waals surface area contributed by atoms with Crippen molar-refractivity contribution in [1.82, 2.24) is 5.32 Å². The number of carbonyl (C=O) groups excluding carboxylic acids is 1. The molecule has 0 saturated carbocycles. The Labute approximate surface area is 126 Å². The van der Waals surface area contributed by atoms with Crippen molar-refractivity contribution in [1.29, 1.82) is 0 Å². The fourth-order valence-corrected chi connectivity index (χ4v) is 2.26. The summed E-state index contributed by atoms with van der Waals surface area (Å²) in [5.74, 6) is -0.493. The van der Waals surface area contributed by atoms with E-state index in [1.165, 1.54) is 12.1 Å². The van der Waals surface area contributed by atoms with Gasteiger partial charge in [0.15, 0.2) is 0 Å². The van der Waals surface area contributed by atoms with E-state index in [0.717, 1.165) is 5.56 Å². The third-order valence-electron chi connectivity index (χ3n) is 2.80. The number of benzene rings is 2. The Bertz CT molecular complexity index is 594. The van der Waals surface area contributed by atoms with Crippen molar-refractivity contribution >= 4 is 29.1 Å². The van der Waals surface area contributed by atoms with Crippen LogP contribution < -0.4 is 5.32 Å². The minimum Gasteiger partial charge on any atom is -0.352 e. The second kappa shape index (κ2) is 6.73. The van der Waals surface area contributed by atoms with E-state index in [0.29, 0.717) is 22.2 Å². The van der Waals surface area contributed by atoms with Crippen molar-refractivity contribution < 1.29 is 9.18 Å². The minimum absolute atomic E-state index is 0.111. The normalized spacial score (nSPS) is 10.3. The average Bonchev–Trinajstić information content (AvgIpc) is 2.42. The number of hydrogen-bond donors (Lipinski definition) is 1. The van der Waals surface area contributed by atoms with Gasteiger partial charge < -0.3 is 5.32 Å². The van der Waals surface area contributed by atoms with Crippen LogP contribution >= 0.6 is 23.2 Å². The summed E-state index contributed by atoms with van der Waals surface area (Å²) in [5, 5.41) is 3.68. The Hall–Kier alpha value is -1.58. The highest BCUT2D eigenvalue weighted by atomic mass is 35.5. The average molecular weight is 312 g/mol. The first-order chi connectivity index (χ1) is 9.56. The van der Waals surface area contributed by atoms with E-state index in [4.69, 9.17) is 23.2 Å². The SMILES string of the molecule is O=C(Cc1c(Cl)cccc1Cl)NCc1ccc(F)cc1. The second-order valence-corrected chi connectivity index (χ2v) is 5.09. The molecule has 104 valence electrons. The molecular weight excluding hydrogens is 300 g/mol. The lowest BCUT2D eigenvalue weighted by Gasteiger charge is -2.08. The van der Waals surface area contributed by atoms with Gasteiger partial charge in [0.25, 0.3) is 0 Å². The van der Waals surface area contributed by atoms with Gasteiger partial charge in [-0.1, -0.05) is 41.4 Å². The van der Waals surface area contributed by atoms with Gasteiger partial charge in [-0.25, -0.2) is 4.39 Å². The lowest BCUT2D eigenvalue weighted by Crippen LogP contribution is -2.24. The summed E-state index contributed by atoms with van der Waals surface area (Å²) in [7, 11) is 0. The van der Waals surface area contributed by atoms with Crippen molar-refractivity contribution in [3.8, 4) is 0 Å². The van der Waals surface area contributed by atoms with E-state index in [1.807, 2.05) is 0 Å². The molecule has 0 unspecified atom stereocenters. The fourth-order valence-electron chi connectivity index (χ4n) is 1.73. The highest BCUT2D eigenvalue weighted by Crippen LogP contribution is 2.24. The first kappa shape index (κ1) is 14.8. The van der Waals surface area contributed by atoms with Crippen LogP contribution in [0.2, 0.25) is 10.0 Å². The largest absolute Gasteiger partial charge is 0.352 e. The maximum atomic E-state index is 12.7. The van der Waals surface area contributed by atoms with Crippen molar-refractivity contribution in [3.63, 3.8) is 0 Å². The van der Waals surface area contributed by atoms with Gasteiger partial charge >= 0.3 is 0 Å². The summed E-state index contributed by atoms with van der Waals surface area (Å²) < 4.78 is 12.7. The van der Waals surface area contributed by atoms with Gasteiger partial charge in [-0.3, -0.25) is 4.79 Å². The molecule has 2 rings (SSSR count). The first-order valence-corrected chi connectivity index (χ1v) is 6.76. The van der Waals surface area contributed by atoms with Crippen molar-refractivity contribution in [2.45, 2.75) is 13.0 Å². The quantitative estimate of drug-likeness (QED) is 0.908. The Kier molecular flexibility index (Phi) is 4.99. The predicted octanol–water partition coefficient (Wildman–Crippen LogP) is 3.99. The zero-order valence-corrected chi connectivity index (χ0v) is 12.0. The molecule has 0 atom stereocenters. The molecule has 2 aromatic rings. The van der Waals surface area contributed by atoms with Crippen LogP contribution in [0.4, 0.5) is 4.39 Å². The minimum atomic E-state index is -0.303. The molecule has 0 radical (unpaired) electrons. The summed E-state index contributed by atoms with van der Waals surface area (Å²) in [6, 6.07) is 11.1. The maximum Gasteiger partial charge on any atom is 0.224 e. The van der Waals surface area contributed by atoms with Gasteiger partial charge in [-0.15, -0.1) is 0 Å². The van der Waals surface area contributed by atoms with Gasteiger partial charge in [-0.2, -0.15) is 0 Å². The summed E-state index contributed by atoms with van der Waals surface area (Å²) >= 11 is 12.0. The van der Waals surface area contributed by atoms with Crippen LogP contribution in [0.25, 0.3) is 0 Å². The molecule has 2 nitrogen and oxygen atoms in total. The smallest absolute Gasteiger partial charge is 0.224 e. The van der Waals surface area contributed by atoms with Gasteiger partial charge in [0.2, 0.25) is 5.91 Å². The monoisotopic (exact) mass is 311 g/mol. The molecule has 0 aliphatic heterocycles. The van der Waals surface area contributed by atoms with E-state index in [1.54, 1.807) is 30.3 Å². The summed E-state index contributed by atoms with van der Waals surface area (Å²) in [6.45, 7) is 0.335. The molecular formula is C15H12Cl2FNO. The van der Waals surface area contributed by atoms with E-state index in [2.05, 4.69) is 5.32 Å². The van der Waals surface area contributed by atoms with E-state index >= 15 is 0 Å². The first-order valence-electron chi connectivity index (χ1n) is 6.00. The molecule has 0 aromatic heterocycles. The number of rotatable bonds is 4. The molecule has 1 amide bonds. The number of carbonyl (C=O) groups is 1. The highest BCUT2D eigenvalue weighted by molar-refractivity contribution is 6.36. The topological polar surface area (TPSA) is 29.1 Å². The highest BCUT2D eigenvalue weighted by Gasteiger charge is 2.10. The number of amides is 1. The van der Waals surface area contributed by atoms with Crippen molar-refractivity contribution in [2.75, 3.05) is 0 Å². The Morgan fingerprint density at radius 1 is 1.05 bits per heavy atom. The Morgan fingerprint density at radius 3 is 2.25 bits per heavy atom. The summed E-state index contributed by atoms with van der Waals surface area (Å²) in [4.78, 5) is 11.9. The maximum absolute atomic E-state index is 12.7. The zero-order valence-electron chi connectivity index (χ0n) is 10.5. The Balaban J connectivity index is 1.94. The molecule has 5 heteroatoms. The molecule has 20 heavy (non-hydrogen) atoms. The Morgan fingerprint density at radius 2 is 1.65 bits per heavy atom. The van der Waals surface area contributed by atoms with Gasteiger partial charge in [0.1, 0.15) is 5.82 Å². The predicted molar refractivity (Wildman–Crippen MR) is 78.4 cm³/mol. The van der Waals surface area contributed by atoms with Gasteiger partial charge in [-0.05, 0) is 35.4 Å². The molecule has 0 spiro atoms. The second-order valence-electron chi connectivity index (χ2n) is 4.28. The summed E-state index contributed by atoms with van der Waals surface area (Å²) in [5.41, 5.74) is 1.43. The third kappa shape index (κ3) is 3.95. The third-order valence-corrected chi connectivity index (χ3v) is 3.51. The zero-order chi connectivity index (χ0) is 14.5. The van der Waals surface area contributed by atoms with E-state index in [-0.39, 0.29) is 18.1 Å². The lowest BCUT2D eigenvalue weighted by molar-refractivity contribution is -0.120. The molecule has 0 aliphatic carbocycles. The van der Waals surface area contributed by atoms with Crippen LogP contribution in [-0.4, -0.2) is 5.91 Å². The molecule has 0 heterocycles. The van der Waals surface area contributed by atoms with Crippen LogP contribution in [-0.2, 0) is 17.8 Å². The molecule has 0 saturated heterocycles. The van der Waals surface area contributed by atoms with Crippen molar-refractivity contribution in [2.24, 2.45) is 0 Å². The van der Waals surface area contributed by atoms with Gasteiger partial charge in [0, 0.05) is 16.6 Å². The number of halogens is 3. The lowest BCUT2D eigenvalue weighted by atomic mass is 10.1. The van der Waals surface area contributed by atoms with E-state index in [9.17, 15) is 9.18 Å². The van der Waals surface area contributed by atoms with E-state index < -0.39 is 0 Å². The standard InChI is InChI=1S/C15H12Cl2FNO/c16-13-2-1-3-14(17)12(13)8-15(20)19-9-10-4-6-11(18)7-5-10/h1-7H,8-9H2,(H,19,20). The molecule has 0 aliphatic rings. The van der Waals surface area contributed by atoms with Crippen LogP contribution in [0.5, 0.6) is 0 Å². The van der Waals surface area contributed by atoms with Crippen LogP contribution in [0.3, 0.4) is 0 Å². The summed E-state index contributed by atoms with van der Waals surface area (Å²) in [6.07, 6.45) is 0.111. The van der Waals surface area contributed by atoms with Crippen LogP contribution in [0, 0.1) is 5.82 Å². The van der Waals surface area contributed by atoms with Gasteiger partial charge in [0.05, 0.1) is 6.42 Å². The van der Waals surface area contributed by atoms with Crippen LogP contribution in [0.1, 0.15) is 11.1 Å². The van der Waals surface area contributed by atoms with Crippen molar-refractivity contribution in [3.05, 3.63) is 69.5 Å².